The largest absolute Gasteiger partial charge is 0.480 e. The van der Waals surface area contributed by atoms with Crippen LogP contribution >= 0.6 is 11.8 Å². The first-order chi connectivity index (χ1) is 53.3. The van der Waals surface area contributed by atoms with Crippen molar-refractivity contribution in [2.24, 2.45) is 40.5 Å². The Morgan fingerprint density at radius 3 is 0.864 bits per heavy atom. The number of esters is 2. The highest BCUT2D eigenvalue weighted by molar-refractivity contribution is 7.99. The zero-order chi connectivity index (χ0) is 86.2. The summed E-state index contributed by atoms with van der Waals surface area (Å²) in [4.78, 5) is 121. The molecular weight excluding hydrogens is 1420 g/mol. The molecule has 19 N–H and O–H groups in total. The number of nitrogens with two attached hydrogens (primary N) is 5. The van der Waals surface area contributed by atoms with E-state index in [1.807, 2.05) is 125 Å². The van der Waals surface area contributed by atoms with Gasteiger partial charge in [-0.2, -0.15) is 11.8 Å². The van der Waals surface area contributed by atoms with Crippen molar-refractivity contribution < 1.29 is 67.9 Å². The third kappa shape index (κ3) is 74.7. The molecule has 0 saturated heterocycles. The minimum atomic E-state index is -1.71. The maximum atomic E-state index is 14.1. The maximum Gasteiger partial charge on any atom is 0.326 e. The quantitative estimate of drug-likeness (QED) is 0.0199. The van der Waals surface area contributed by atoms with Crippen LogP contribution < -0.4 is 60.6 Å². The molecule has 0 aliphatic carbocycles. The lowest BCUT2D eigenvalue weighted by Gasteiger charge is -2.27. The predicted molar refractivity (Wildman–Crippen MR) is 462 cm³/mol. The van der Waals surface area contributed by atoms with Gasteiger partial charge in [0.15, 0.2) is 0 Å². The number of nitrogens with one attached hydrogen (secondary N) is 6. The molecule has 0 bridgehead atoms. The number of ether oxygens (including phenoxy) is 2. The Hall–Kier alpha value is -4.70. The number of hydrogen-bond acceptors (Lipinski definition) is 19. The van der Waals surface area contributed by atoms with Crippen LogP contribution in [0, 0.1) is 11.8 Å². The molecule has 0 aromatic carbocycles. The van der Waals surface area contributed by atoms with Crippen molar-refractivity contribution in [3.8, 4) is 0 Å². The molecule has 0 spiro atoms. The van der Waals surface area contributed by atoms with Crippen molar-refractivity contribution in [2.45, 2.75) is 418 Å². The number of carboxylic acids is 1. The zero-order valence-electron chi connectivity index (χ0n) is 74.2. The van der Waals surface area contributed by atoms with Gasteiger partial charge < -0.3 is 85.4 Å². The van der Waals surface area contributed by atoms with E-state index in [4.69, 9.17) is 38.1 Å². The van der Waals surface area contributed by atoms with Crippen molar-refractivity contribution in [2.75, 3.05) is 57.5 Å². The molecule has 26 heteroatoms. The first kappa shape index (κ1) is 124. The van der Waals surface area contributed by atoms with E-state index in [2.05, 4.69) is 45.7 Å². The highest BCUT2D eigenvalue weighted by Crippen LogP contribution is 2.20. The van der Waals surface area contributed by atoms with Crippen LogP contribution in [0.2, 0.25) is 0 Å². The van der Waals surface area contributed by atoms with E-state index in [0.717, 1.165) is 50.3 Å². The fraction of sp³-hybridized carbons (Fsp3) is 0.893. The number of aliphatic hydroxyl groups is 2. The number of rotatable bonds is 64. The average Bonchev–Trinajstić information content (AvgIpc) is 0.861. The second kappa shape index (κ2) is 98.5. The Morgan fingerprint density at radius 2 is 0.573 bits per heavy atom. The van der Waals surface area contributed by atoms with Crippen LogP contribution in [0.1, 0.15) is 370 Å². The standard InChI is InChI=1S/C68H131N11O14S.8C2H6/c1-5-7-9-11-13-15-17-19-21-23-25-35-50(3)67(90)92-47-52(93-68(91)51(4)36-26-24-22-20-18-16-14-12-10-8-6-2)48-94-49-53(73)60(82)78-58(45-80)65(87)79-59(46-81)64(86)76-55(38-28-32-42-70)62(84)74-54(37-27-31-41-69)61(83)75-56(39-29-33-43-71)63(85)77-57(66(88)89)40-30-34-44-72;8*1-2/h50-59,80-81H,5-49,69-73H2,1-4H3,(H,74,84)(H,75,83)(H,76,86)(H,77,85)(H,78,82)(H,79,87)(H,88,89);8*1-2H3. The number of amides is 6. The van der Waals surface area contributed by atoms with E-state index < -0.39 is 115 Å². The second-order valence-electron chi connectivity index (χ2n) is 25.5. The fourth-order valence-corrected chi connectivity index (χ4v) is 11.6. The van der Waals surface area contributed by atoms with E-state index in [-0.39, 0.29) is 68.8 Å². The van der Waals surface area contributed by atoms with Gasteiger partial charge in [-0.15, -0.1) is 0 Å². The van der Waals surface area contributed by atoms with Gasteiger partial charge in [-0.3, -0.25) is 38.4 Å². The Balaban J connectivity index is -0.000000849. The van der Waals surface area contributed by atoms with Gasteiger partial charge in [0.25, 0.3) is 0 Å². The van der Waals surface area contributed by atoms with E-state index in [1.54, 1.807) is 0 Å². The molecule has 0 aromatic heterocycles. The highest BCUT2D eigenvalue weighted by atomic mass is 32.2. The molecule has 0 rings (SSSR count). The van der Waals surface area contributed by atoms with Crippen LogP contribution in [-0.4, -0.2) is 175 Å². The lowest BCUT2D eigenvalue weighted by Crippen LogP contribution is -2.60. The molecule has 0 heterocycles. The number of aliphatic carboxylic acids is 1. The normalized spacial score (nSPS) is 12.9. The monoisotopic (exact) mass is 1600 g/mol. The third-order valence-electron chi connectivity index (χ3n) is 16.9. The van der Waals surface area contributed by atoms with Crippen LogP contribution in [0.15, 0.2) is 0 Å². The van der Waals surface area contributed by atoms with Gasteiger partial charge in [0.2, 0.25) is 35.4 Å². The van der Waals surface area contributed by atoms with E-state index in [1.165, 1.54) is 103 Å². The minimum Gasteiger partial charge on any atom is -0.480 e. The fourth-order valence-electron chi connectivity index (χ4n) is 10.6. The molecule has 25 nitrogen and oxygen atoms in total. The van der Waals surface area contributed by atoms with Crippen molar-refractivity contribution in [1.82, 2.24) is 31.9 Å². The van der Waals surface area contributed by atoms with Crippen molar-refractivity contribution in [1.29, 1.82) is 0 Å². The molecule has 110 heavy (non-hydrogen) atoms. The highest BCUT2D eigenvalue weighted by Gasteiger charge is 2.34. The number of carboxylic acid groups (broad SMARTS) is 1. The topological polar surface area (TPSA) is 435 Å². The Morgan fingerprint density at radius 1 is 0.327 bits per heavy atom. The smallest absolute Gasteiger partial charge is 0.326 e. The van der Waals surface area contributed by atoms with Gasteiger partial charge in [-0.1, -0.05) is 280 Å². The van der Waals surface area contributed by atoms with Gasteiger partial charge >= 0.3 is 17.9 Å². The van der Waals surface area contributed by atoms with Gasteiger partial charge in [0.1, 0.15) is 49.0 Å². The number of thioether (sulfide) groups is 1. The molecule has 10 unspecified atom stereocenters. The molecule has 10 atom stereocenters. The van der Waals surface area contributed by atoms with E-state index in [0.29, 0.717) is 77.3 Å². The summed E-state index contributed by atoms with van der Waals surface area (Å²) >= 11 is 1.16. The second-order valence-corrected chi connectivity index (χ2v) is 26.6. The van der Waals surface area contributed by atoms with Crippen LogP contribution in [0.5, 0.6) is 0 Å². The van der Waals surface area contributed by atoms with Gasteiger partial charge in [-0.05, 0) is 116 Å². The van der Waals surface area contributed by atoms with Crippen molar-refractivity contribution in [3.63, 3.8) is 0 Å². The number of carbonyl (C=O) groups excluding carboxylic acids is 8. The number of hydrogen-bond donors (Lipinski definition) is 14. The molecule has 0 saturated carbocycles. The molecular formula is C84H179N11O14S. The number of aliphatic hydroxyl groups excluding tert-OH is 2. The third-order valence-corrected chi connectivity index (χ3v) is 18.1. The minimum absolute atomic E-state index is 0.000276. The molecule has 660 valence electrons. The lowest BCUT2D eigenvalue weighted by atomic mass is 10.0. The molecule has 0 radical (unpaired) electrons. The van der Waals surface area contributed by atoms with Crippen LogP contribution in [0.25, 0.3) is 0 Å². The first-order valence-corrected chi connectivity index (χ1v) is 45.2. The summed E-state index contributed by atoms with van der Waals surface area (Å²) in [6.45, 7) is 39.1. The number of unbranched alkanes of at least 4 members (excludes halogenated alkanes) is 24. The number of carbonyl (C=O) groups is 9. The molecule has 0 aromatic rings. The zero-order valence-corrected chi connectivity index (χ0v) is 75.0. The summed E-state index contributed by atoms with van der Waals surface area (Å²) in [5.41, 5.74) is 29.1. The Labute approximate surface area is 677 Å². The Bertz CT molecular complexity index is 2040. The summed E-state index contributed by atoms with van der Waals surface area (Å²) in [6, 6.07) is -9.69. The first-order valence-electron chi connectivity index (χ1n) is 44.1. The maximum absolute atomic E-state index is 14.1. The molecule has 0 aliphatic rings. The van der Waals surface area contributed by atoms with Gasteiger partial charge in [0.05, 0.1) is 31.1 Å². The predicted octanol–water partition coefficient (Wildman–Crippen LogP) is 13.9. The summed E-state index contributed by atoms with van der Waals surface area (Å²) in [5.74, 6) is -8.02. The lowest BCUT2D eigenvalue weighted by molar-refractivity contribution is -0.162. The van der Waals surface area contributed by atoms with Crippen LogP contribution in [0.3, 0.4) is 0 Å². The average molecular weight is 1600 g/mol. The van der Waals surface area contributed by atoms with Crippen molar-refractivity contribution in [3.05, 3.63) is 0 Å². The van der Waals surface area contributed by atoms with Crippen LogP contribution in [0.4, 0.5) is 0 Å². The van der Waals surface area contributed by atoms with Crippen LogP contribution in [-0.2, 0) is 52.6 Å². The van der Waals surface area contributed by atoms with Gasteiger partial charge in [0, 0.05) is 11.5 Å². The van der Waals surface area contributed by atoms with Gasteiger partial charge in [-0.25, -0.2) is 4.79 Å². The summed E-state index contributed by atoms with van der Waals surface area (Å²) in [5, 5.41) is 45.6. The molecule has 0 aliphatic heterocycles. The molecule has 6 amide bonds. The summed E-state index contributed by atoms with van der Waals surface area (Å²) in [6.07, 6.45) is 30.4. The SMILES string of the molecule is CC.CC.CC.CC.CC.CC.CC.CC.CCCCCCCCCCCCCC(C)C(=O)OCC(CSCC(N)C(=O)NC(CO)C(=O)NC(CO)C(=O)NC(CCCCN)C(=O)NC(CCCCN)C(=O)NC(CCCCN)C(=O)NC(CCCCN)C(=O)O)OC(=O)C(C)CCCCCCCCCCCCC. The van der Waals surface area contributed by atoms with Crippen molar-refractivity contribution >= 4 is 65.1 Å². The van der Waals surface area contributed by atoms with E-state index in [9.17, 15) is 58.5 Å². The van der Waals surface area contributed by atoms with E-state index >= 15 is 0 Å². The summed E-state index contributed by atoms with van der Waals surface area (Å²) < 4.78 is 11.7. The Kier molecular flexibility index (Phi) is 111. The molecule has 0 fully saturated rings. The summed E-state index contributed by atoms with van der Waals surface area (Å²) in [7, 11) is 0.